The van der Waals surface area contributed by atoms with Crippen LogP contribution in [0.4, 0.5) is 0 Å². The fourth-order valence-corrected chi connectivity index (χ4v) is 3.53. The highest BCUT2D eigenvalue weighted by Crippen LogP contribution is 2.35. The Bertz CT molecular complexity index is 902. The summed E-state index contributed by atoms with van der Waals surface area (Å²) in [5.41, 5.74) is 3.25. The molecule has 1 atom stereocenters. The van der Waals surface area contributed by atoms with E-state index in [9.17, 15) is 9.59 Å². The van der Waals surface area contributed by atoms with Gasteiger partial charge in [0.25, 0.3) is 0 Å². The number of carbonyl (C=O) groups is 2. The first-order chi connectivity index (χ1) is 13.9. The van der Waals surface area contributed by atoms with Gasteiger partial charge >= 0.3 is 5.97 Å². The molecule has 3 rings (SSSR count). The number of ether oxygens (including phenoxy) is 2. The summed E-state index contributed by atoms with van der Waals surface area (Å²) in [6.45, 7) is 10.9. The Morgan fingerprint density at radius 3 is 2.59 bits per heavy atom. The molecule has 0 aromatic heterocycles. The highest BCUT2D eigenvalue weighted by molar-refractivity contribution is 6.01. The van der Waals surface area contributed by atoms with Gasteiger partial charge in [0.15, 0.2) is 5.78 Å². The Kier molecular flexibility index (Phi) is 6.70. The molecular formula is C24H29NO4. The molecule has 1 heterocycles. The number of rotatable bonds is 7. The van der Waals surface area contributed by atoms with Crippen LogP contribution in [0.5, 0.6) is 11.5 Å². The van der Waals surface area contributed by atoms with Crippen LogP contribution in [-0.4, -0.2) is 42.9 Å². The minimum atomic E-state index is -0.447. The average molecular weight is 395 g/mol. The van der Waals surface area contributed by atoms with Gasteiger partial charge in [-0.3, -0.25) is 9.59 Å². The summed E-state index contributed by atoms with van der Waals surface area (Å²) in [5.74, 6) is 0.506. The molecule has 2 aromatic rings. The van der Waals surface area contributed by atoms with Crippen molar-refractivity contribution in [1.29, 1.82) is 0 Å². The van der Waals surface area contributed by atoms with Crippen LogP contribution in [0.2, 0.25) is 0 Å². The predicted molar refractivity (Wildman–Crippen MR) is 113 cm³/mol. The number of Topliss-reactive ketones (excluding diaryl/α,β-unsaturated/α-hetero) is 1. The van der Waals surface area contributed by atoms with Crippen LogP contribution < -0.4 is 4.74 Å². The summed E-state index contributed by atoms with van der Waals surface area (Å²) in [6.07, 6.45) is 0.288. The largest absolute Gasteiger partial charge is 0.464 e. The molecule has 2 aromatic carbocycles. The van der Waals surface area contributed by atoms with Crippen LogP contribution >= 0.6 is 0 Å². The number of benzene rings is 2. The second-order valence-electron chi connectivity index (χ2n) is 7.48. The standard InChI is InChI=1S/C24H29NO4/c1-5-25(6-2)11-12-28-24(27)17(4)18-8-10-23-20(14-18)21(26)15-19-13-16(3)7-9-22(19)29-23/h7-10,13-14,17H,5-6,11-12,15H2,1-4H3. The predicted octanol–water partition coefficient (Wildman–Crippen LogP) is 4.51. The lowest BCUT2D eigenvalue weighted by Gasteiger charge is -2.19. The number of carbonyl (C=O) groups excluding carboxylic acids is 2. The Hall–Kier alpha value is -2.66. The Morgan fingerprint density at radius 1 is 1.14 bits per heavy atom. The van der Waals surface area contributed by atoms with Crippen LogP contribution in [-0.2, 0) is 16.0 Å². The summed E-state index contributed by atoms with van der Waals surface area (Å²) in [7, 11) is 0. The van der Waals surface area contributed by atoms with Gasteiger partial charge in [0.1, 0.15) is 18.1 Å². The zero-order chi connectivity index (χ0) is 21.0. The van der Waals surface area contributed by atoms with Crippen LogP contribution in [0, 0.1) is 6.92 Å². The van der Waals surface area contributed by atoms with Crippen molar-refractivity contribution in [3.05, 3.63) is 58.7 Å². The van der Waals surface area contributed by atoms with Crippen molar-refractivity contribution in [3.8, 4) is 11.5 Å². The smallest absolute Gasteiger partial charge is 0.313 e. The van der Waals surface area contributed by atoms with E-state index < -0.39 is 5.92 Å². The number of ketones is 1. The van der Waals surface area contributed by atoms with Crippen LogP contribution in [0.1, 0.15) is 53.7 Å². The maximum absolute atomic E-state index is 12.8. The lowest BCUT2D eigenvalue weighted by molar-refractivity contribution is -0.145. The van der Waals surface area contributed by atoms with Gasteiger partial charge in [-0.15, -0.1) is 0 Å². The van der Waals surface area contributed by atoms with Gasteiger partial charge in [0.2, 0.25) is 0 Å². The van der Waals surface area contributed by atoms with E-state index >= 15 is 0 Å². The summed E-state index contributed by atoms with van der Waals surface area (Å²) in [4.78, 5) is 27.5. The lowest BCUT2D eigenvalue weighted by atomic mass is 9.95. The van der Waals surface area contributed by atoms with Crippen LogP contribution in [0.25, 0.3) is 0 Å². The van der Waals surface area contributed by atoms with Gasteiger partial charge in [0.05, 0.1) is 11.5 Å². The number of hydrogen-bond donors (Lipinski definition) is 0. The third-order valence-electron chi connectivity index (χ3n) is 5.49. The zero-order valence-electron chi connectivity index (χ0n) is 17.7. The number of likely N-dealkylation sites (N-methyl/N-ethyl adjacent to an activating group) is 1. The summed E-state index contributed by atoms with van der Waals surface area (Å²) in [5, 5.41) is 0. The number of hydrogen-bond acceptors (Lipinski definition) is 5. The maximum Gasteiger partial charge on any atom is 0.313 e. The second-order valence-corrected chi connectivity index (χ2v) is 7.48. The van der Waals surface area contributed by atoms with E-state index in [4.69, 9.17) is 9.47 Å². The average Bonchev–Trinajstić information content (AvgIpc) is 2.85. The van der Waals surface area contributed by atoms with Crippen molar-refractivity contribution in [1.82, 2.24) is 4.90 Å². The molecule has 0 bridgehead atoms. The van der Waals surface area contributed by atoms with E-state index in [1.54, 1.807) is 12.1 Å². The summed E-state index contributed by atoms with van der Waals surface area (Å²) in [6, 6.07) is 11.2. The first-order valence-corrected chi connectivity index (χ1v) is 10.3. The molecule has 5 nitrogen and oxygen atoms in total. The van der Waals surface area contributed by atoms with Crippen LogP contribution in [0.3, 0.4) is 0 Å². The molecule has 0 radical (unpaired) electrons. The molecule has 0 amide bonds. The molecule has 0 fully saturated rings. The lowest BCUT2D eigenvalue weighted by Crippen LogP contribution is -2.28. The number of aryl methyl sites for hydroxylation is 1. The second kappa shape index (κ2) is 9.23. The molecule has 1 unspecified atom stereocenters. The van der Waals surface area contributed by atoms with Crippen molar-refractivity contribution >= 4 is 11.8 Å². The van der Waals surface area contributed by atoms with Gasteiger partial charge in [0, 0.05) is 18.5 Å². The van der Waals surface area contributed by atoms with Crippen LogP contribution in [0.15, 0.2) is 36.4 Å². The first kappa shape index (κ1) is 21.1. The zero-order valence-corrected chi connectivity index (χ0v) is 17.7. The van der Waals surface area contributed by atoms with Crippen molar-refractivity contribution in [2.75, 3.05) is 26.2 Å². The number of fused-ring (bicyclic) bond motifs is 2. The van der Waals surface area contributed by atoms with Gasteiger partial charge in [-0.05, 0) is 50.7 Å². The quantitative estimate of drug-likeness (QED) is 0.646. The van der Waals surface area contributed by atoms with E-state index in [0.29, 0.717) is 23.7 Å². The van der Waals surface area contributed by atoms with E-state index in [1.165, 1.54) is 0 Å². The molecule has 0 saturated carbocycles. The normalized spacial score (nSPS) is 13.9. The van der Waals surface area contributed by atoms with E-state index in [-0.39, 0.29) is 18.2 Å². The van der Waals surface area contributed by atoms with Gasteiger partial charge < -0.3 is 14.4 Å². The molecule has 0 spiro atoms. The molecule has 1 aliphatic heterocycles. The summed E-state index contributed by atoms with van der Waals surface area (Å²) < 4.78 is 11.5. The van der Waals surface area contributed by atoms with E-state index in [0.717, 1.165) is 36.3 Å². The first-order valence-electron chi connectivity index (χ1n) is 10.3. The van der Waals surface area contributed by atoms with Gasteiger partial charge in [-0.1, -0.05) is 37.6 Å². The minimum absolute atomic E-state index is 0.00620. The maximum atomic E-state index is 12.8. The molecule has 0 saturated heterocycles. The molecule has 5 heteroatoms. The minimum Gasteiger partial charge on any atom is -0.464 e. The Balaban J connectivity index is 1.73. The summed E-state index contributed by atoms with van der Waals surface area (Å²) >= 11 is 0. The van der Waals surface area contributed by atoms with Crippen molar-refractivity contribution in [2.45, 2.75) is 40.0 Å². The van der Waals surface area contributed by atoms with Gasteiger partial charge in [-0.25, -0.2) is 0 Å². The third kappa shape index (κ3) is 4.85. The fourth-order valence-electron chi connectivity index (χ4n) is 3.53. The topological polar surface area (TPSA) is 55.8 Å². The Morgan fingerprint density at radius 2 is 1.86 bits per heavy atom. The molecular weight excluding hydrogens is 366 g/mol. The number of nitrogens with zero attached hydrogens (tertiary/aromatic N) is 1. The van der Waals surface area contributed by atoms with Crippen molar-refractivity contribution in [3.63, 3.8) is 0 Å². The molecule has 1 aliphatic rings. The molecule has 0 N–H and O–H groups in total. The van der Waals surface area contributed by atoms with Crippen molar-refractivity contribution < 1.29 is 19.1 Å². The highest BCUT2D eigenvalue weighted by atomic mass is 16.5. The van der Waals surface area contributed by atoms with E-state index in [2.05, 4.69) is 18.7 Å². The molecule has 154 valence electrons. The highest BCUT2D eigenvalue weighted by Gasteiger charge is 2.24. The monoisotopic (exact) mass is 395 g/mol. The molecule has 0 aliphatic carbocycles. The van der Waals surface area contributed by atoms with Gasteiger partial charge in [-0.2, -0.15) is 0 Å². The third-order valence-corrected chi connectivity index (χ3v) is 5.49. The van der Waals surface area contributed by atoms with Crippen molar-refractivity contribution in [2.24, 2.45) is 0 Å². The molecule has 29 heavy (non-hydrogen) atoms. The Labute approximate surface area is 172 Å². The number of esters is 1. The van der Waals surface area contributed by atoms with E-state index in [1.807, 2.05) is 38.1 Å². The fraction of sp³-hybridized carbons (Fsp3) is 0.417. The SMILES string of the molecule is CCN(CC)CCOC(=O)C(C)c1ccc2c(c1)C(=O)Cc1cc(C)ccc1O2.